The van der Waals surface area contributed by atoms with E-state index in [-0.39, 0.29) is 12.1 Å². The summed E-state index contributed by atoms with van der Waals surface area (Å²) >= 11 is 4.79. The van der Waals surface area contributed by atoms with Crippen LogP contribution < -0.4 is 10.6 Å². The highest BCUT2D eigenvalue weighted by Crippen LogP contribution is 2.37. The van der Waals surface area contributed by atoms with Gasteiger partial charge in [-0.15, -0.1) is 11.3 Å². The van der Waals surface area contributed by atoms with Gasteiger partial charge in [-0.05, 0) is 32.2 Å². The summed E-state index contributed by atoms with van der Waals surface area (Å²) in [5, 5.41) is 6.18. The Morgan fingerprint density at radius 1 is 1.19 bits per heavy atom. The molecule has 0 unspecified atom stereocenters. The molecule has 3 rings (SSSR count). The number of nitrogens with one attached hydrogen (secondary N) is 2. The molecule has 2 N–H and O–H groups in total. The lowest BCUT2D eigenvalue weighted by atomic mass is 10.3. The number of hydrogen-bond donors (Lipinski definition) is 2. The molecular weight excluding hydrogens is 324 g/mol. The van der Waals surface area contributed by atoms with Crippen molar-refractivity contribution >= 4 is 66.0 Å². The fourth-order valence-corrected chi connectivity index (χ4v) is 4.54. The van der Waals surface area contributed by atoms with Gasteiger partial charge in [0.2, 0.25) is 0 Å². The Bertz CT molecular complexity index is 808. The molecule has 0 aliphatic heterocycles. The zero-order valence-corrected chi connectivity index (χ0v) is 14.2. The molecule has 0 bridgehead atoms. The number of urea groups is 1. The molecule has 1 aromatic carbocycles. The van der Waals surface area contributed by atoms with Crippen LogP contribution in [-0.4, -0.2) is 28.3 Å². The van der Waals surface area contributed by atoms with Crippen LogP contribution in [0.4, 0.5) is 9.93 Å². The van der Waals surface area contributed by atoms with Crippen LogP contribution in [0, 0.1) is 0 Å². The molecule has 0 fully saturated rings. The molecule has 0 saturated heterocycles. The summed E-state index contributed by atoms with van der Waals surface area (Å²) in [5.41, 5.74) is 1.88. The fraction of sp³-hybridized carbons (Fsp3) is 0.308. The van der Waals surface area contributed by atoms with Gasteiger partial charge in [-0.3, -0.25) is 5.32 Å². The molecule has 0 aliphatic rings. The number of aromatic nitrogens is 2. The molecule has 21 heavy (non-hydrogen) atoms. The number of hydrogen-bond acceptors (Lipinski definition) is 6. The van der Waals surface area contributed by atoms with Gasteiger partial charge in [-0.2, -0.15) is 0 Å². The van der Waals surface area contributed by atoms with Crippen molar-refractivity contribution in [3.63, 3.8) is 0 Å². The predicted molar refractivity (Wildman–Crippen MR) is 91.9 cm³/mol. The molecule has 0 spiro atoms. The van der Waals surface area contributed by atoms with Crippen molar-refractivity contribution < 1.29 is 4.79 Å². The zero-order chi connectivity index (χ0) is 15.0. The topological polar surface area (TPSA) is 66.9 Å². The first-order valence-electron chi connectivity index (χ1n) is 6.38. The number of fused-ring (bicyclic) bond motifs is 3. The Morgan fingerprint density at radius 3 is 2.52 bits per heavy atom. The van der Waals surface area contributed by atoms with Gasteiger partial charge in [0.1, 0.15) is 0 Å². The largest absolute Gasteiger partial charge is 0.336 e. The smallest absolute Gasteiger partial charge is 0.321 e. The quantitative estimate of drug-likeness (QED) is 0.704. The van der Waals surface area contributed by atoms with E-state index in [1.165, 1.54) is 11.3 Å². The molecule has 0 atom stereocenters. The lowest BCUT2D eigenvalue weighted by Gasteiger charge is -2.07. The summed E-state index contributed by atoms with van der Waals surface area (Å²) in [7, 11) is 0. The first kappa shape index (κ1) is 14.6. The van der Waals surface area contributed by atoms with Crippen LogP contribution in [-0.2, 0) is 0 Å². The summed E-state index contributed by atoms with van der Waals surface area (Å²) in [6.45, 7) is 3.84. The highest BCUT2D eigenvalue weighted by Gasteiger charge is 2.13. The summed E-state index contributed by atoms with van der Waals surface area (Å²) in [6.07, 6.45) is 2.02. The van der Waals surface area contributed by atoms with Crippen LogP contribution in [0.1, 0.15) is 13.8 Å². The molecule has 0 radical (unpaired) electrons. The second kappa shape index (κ2) is 5.78. The third-order valence-corrected chi connectivity index (χ3v) is 5.91. The highest BCUT2D eigenvalue weighted by molar-refractivity contribution is 8.00. The first-order chi connectivity index (χ1) is 10.1. The van der Waals surface area contributed by atoms with Crippen molar-refractivity contribution in [2.75, 3.05) is 11.6 Å². The van der Waals surface area contributed by atoms with Gasteiger partial charge in [-0.1, -0.05) is 23.1 Å². The zero-order valence-electron chi connectivity index (χ0n) is 11.8. The molecule has 2 heterocycles. The van der Waals surface area contributed by atoms with Crippen LogP contribution in [0.5, 0.6) is 0 Å². The summed E-state index contributed by atoms with van der Waals surface area (Å²) in [5.74, 6) is 0. The minimum atomic E-state index is -0.227. The van der Waals surface area contributed by atoms with Crippen LogP contribution in [0.25, 0.3) is 20.4 Å². The number of rotatable bonds is 3. The second-order valence-corrected chi connectivity index (χ2v) is 7.77. The number of anilines is 1. The van der Waals surface area contributed by atoms with Crippen molar-refractivity contribution in [3.05, 3.63) is 12.1 Å². The van der Waals surface area contributed by atoms with Crippen molar-refractivity contribution in [3.8, 4) is 0 Å². The van der Waals surface area contributed by atoms with Crippen LogP contribution in [0.15, 0.2) is 16.5 Å². The van der Waals surface area contributed by atoms with Gasteiger partial charge >= 0.3 is 6.03 Å². The molecule has 3 aromatic rings. The maximum absolute atomic E-state index is 11.7. The first-order valence-corrected chi connectivity index (χ1v) is 9.24. The standard InChI is InChI=1S/C13H14N4OS3/c1-6(2)14-11(18)17-12-15-7-4-5-8-10(9(7)20-12)21-13(16-8)19-3/h4-6H,1-3H3,(H2,14,15,17,18). The fourth-order valence-electron chi connectivity index (χ4n) is 1.89. The Morgan fingerprint density at radius 2 is 1.86 bits per heavy atom. The van der Waals surface area contributed by atoms with Crippen molar-refractivity contribution in [2.24, 2.45) is 0 Å². The molecular formula is C13H14N4OS3. The van der Waals surface area contributed by atoms with E-state index in [1.807, 2.05) is 32.2 Å². The van der Waals surface area contributed by atoms with E-state index in [0.29, 0.717) is 5.13 Å². The SMILES string of the molecule is CSc1nc2ccc3nc(NC(=O)NC(C)C)sc3c2s1. The molecule has 2 amide bonds. The van der Waals surface area contributed by atoms with Gasteiger partial charge in [0, 0.05) is 6.04 Å². The highest BCUT2D eigenvalue weighted by atomic mass is 32.2. The van der Waals surface area contributed by atoms with Crippen LogP contribution in [0.3, 0.4) is 0 Å². The lowest BCUT2D eigenvalue weighted by Crippen LogP contribution is -2.34. The molecule has 8 heteroatoms. The number of benzene rings is 1. The Hall–Kier alpha value is -1.38. The van der Waals surface area contributed by atoms with Gasteiger partial charge in [0.05, 0.1) is 20.4 Å². The van der Waals surface area contributed by atoms with E-state index >= 15 is 0 Å². The number of carbonyl (C=O) groups is 1. The van der Waals surface area contributed by atoms with Gasteiger partial charge in [0.15, 0.2) is 9.47 Å². The molecule has 2 aromatic heterocycles. The minimum Gasteiger partial charge on any atom is -0.336 e. The average molecular weight is 338 g/mol. The Kier molecular flexibility index (Phi) is 4.01. The Labute approximate surface area is 134 Å². The van der Waals surface area contributed by atoms with Crippen LogP contribution >= 0.6 is 34.4 Å². The number of thioether (sulfide) groups is 1. The third kappa shape index (κ3) is 2.97. The maximum atomic E-state index is 11.7. The number of amides is 2. The lowest BCUT2D eigenvalue weighted by molar-refractivity contribution is 0.250. The summed E-state index contributed by atoms with van der Waals surface area (Å²) in [6, 6.07) is 3.79. The Balaban J connectivity index is 1.97. The summed E-state index contributed by atoms with van der Waals surface area (Å²) in [4.78, 5) is 20.8. The van der Waals surface area contributed by atoms with E-state index in [1.54, 1.807) is 23.1 Å². The van der Waals surface area contributed by atoms with E-state index < -0.39 is 0 Å². The molecule has 5 nitrogen and oxygen atoms in total. The molecule has 110 valence electrons. The van der Waals surface area contributed by atoms with Crippen molar-refractivity contribution in [2.45, 2.75) is 24.2 Å². The van der Waals surface area contributed by atoms with E-state index in [2.05, 4.69) is 20.6 Å². The van der Waals surface area contributed by atoms with Gasteiger partial charge in [0.25, 0.3) is 0 Å². The van der Waals surface area contributed by atoms with Crippen molar-refractivity contribution in [1.82, 2.24) is 15.3 Å². The number of carbonyl (C=O) groups excluding carboxylic acids is 1. The number of thiazole rings is 2. The molecule has 0 saturated carbocycles. The van der Waals surface area contributed by atoms with Crippen molar-refractivity contribution in [1.29, 1.82) is 0 Å². The van der Waals surface area contributed by atoms with Gasteiger partial charge in [-0.25, -0.2) is 14.8 Å². The van der Waals surface area contributed by atoms with E-state index in [4.69, 9.17) is 0 Å². The summed E-state index contributed by atoms with van der Waals surface area (Å²) < 4.78 is 3.25. The normalized spacial score (nSPS) is 11.4. The second-order valence-electron chi connectivity index (χ2n) is 4.72. The average Bonchev–Trinajstić information content (AvgIpc) is 2.98. The monoisotopic (exact) mass is 338 g/mol. The number of nitrogens with zero attached hydrogens (tertiary/aromatic N) is 2. The van der Waals surface area contributed by atoms with Crippen LogP contribution in [0.2, 0.25) is 0 Å². The predicted octanol–water partition coefficient (Wildman–Crippen LogP) is 4.16. The minimum absolute atomic E-state index is 0.0942. The maximum Gasteiger partial charge on any atom is 0.321 e. The van der Waals surface area contributed by atoms with E-state index in [0.717, 1.165) is 24.8 Å². The van der Waals surface area contributed by atoms with Gasteiger partial charge < -0.3 is 5.32 Å². The van der Waals surface area contributed by atoms with E-state index in [9.17, 15) is 4.79 Å². The molecule has 0 aliphatic carbocycles. The third-order valence-electron chi connectivity index (χ3n) is 2.71.